The van der Waals surface area contributed by atoms with E-state index in [0.29, 0.717) is 12.1 Å². The number of carbonyl (C=O) groups excluding carboxylic acids is 1. The van der Waals surface area contributed by atoms with Gasteiger partial charge in [0.1, 0.15) is 6.54 Å². The smallest absolute Gasteiger partial charge is 0.416 e. The molecule has 0 aliphatic carbocycles. The molecule has 1 amide bonds. The molecule has 1 rings (SSSR count). The Balaban J connectivity index is 2.89. The zero-order chi connectivity index (χ0) is 17.6. The van der Waals surface area contributed by atoms with Gasteiger partial charge in [0.2, 0.25) is 6.17 Å². The third-order valence-corrected chi connectivity index (χ3v) is 2.95. The fourth-order valence-electron chi connectivity index (χ4n) is 1.78. The number of methoxy groups -OCH3 is 1. The Morgan fingerprint density at radius 1 is 1.26 bits per heavy atom. The van der Waals surface area contributed by atoms with Crippen molar-refractivity contribution in [1.82, 2.24) is 4.90 Å². The molecule has 5 nitrogen and oxygen atoms in total. The molecule has 0 radical (unpaired) electrons. The van der Waals surface area contributed by atoms with Gasteiger partial charge in [-0.1, -0.05) is 12.1 Å². The van der Waals surface area contributed by atoms with E-state index in [1.807, 2.05) is 0 Å². The molecule has 1 aromatic rings. The zero-order valence-electron chi connectivity index (χ0n) is 12.1. The van der Waals surface area contributed by atoms with Gasteiger partial charge in [-0.15, -0.1) is 0 Å². The number of aliphatic carboxylic acids is 1. The van der Waals surface area contributed by atoms with Crippen LogP contribution < -0.4 is 0 Å². The summed E-state index contributed by atoms with van der Waals surface area (Å²) in [6.07, 6.45) is -6.82. The third kappa shape index (κ3) is 5.51. The standard InChI is InChI=1S/C14H15F4NO4/c1-23-7-6-19(8-11(20)21)13(22)12(15)9-2-4-10(5-3-9)14(16,17)18/h2-5,12H,6-8H2,1H3,(H,20,21). The number of benzene rings is 1. The van der Waals surface area contributed by atoms with Crippen molar-refractivity contribution in [1.29, 1.82) is 0 Å². The van der Waals surface area contributed by atoms with Gasteiger partial charge >= 0.3 is 12.1 Å². The Labute approximate surface area is 129 Å². The maximum absolute atomic E-state index is 14.2. The third-order valence-electron chi connectivity index (χ3n) is 2.95. The molecule has 0 bridgehead atoms. The lowest BCUT2D eigenvalue weighted by molar-refractivity contribution is -0.147. The van der Waals surface area contributed by atoms with E-state index in [2.05, 4.69) is 0 Å². The molecule has 0 aliphatic heterocycles. The molecule has 0 saturated carbocycles. The molecule has 128 valence electrons. The molecule has 0 heterocycles. The summed E-state index contributed by atoms with van der Waals surface area (Å²) in [6.45, 7) is -0.884. The second-order valence-electron chi connectivity index (χ2n) is 4.63. The second-order valence-corrected chi connectivity index (χ2v) is 4.63. The van der Waals surface area contributed by atoms with Gasteiger partial charge in [0, 0.05) is 13.7 Å². The first-order valence-corrected chi connectivity index (χ1v) is 6.47. The summed E-state index contributed by atoms with van der Waals surface area (Å²) in [7, 11) is 1.33. The van der Waals surface area contributed by atoms with Crippen molar-refractivity contribution < 1.29 is 37.0 Å². The highest BCUT2D eigenvalue weighted by molar-refractivity contribution is 5.85. The Bertz CT molecular complexity index is 545. The quantitative estimate of drug-likeness (QED) is 0.775. The number of hydrogen-bond acceptors (Lipinski definition) is 3. The number of carboxylic acids is 1. The minimum absolute atomic E-state index is 0.00124. The fourth-order valence-corrected chi connectivity index (χ4v) is 1.78. The van der Waals surface area contributed by atoms with Crippen LogP contribution >= 0.6 is 0 Å². The van der Waals surface area contributed by atoms with Gasteiger partial charge in [-0.2, -0.15) is 13.2 Å². The normalized spacial score (nSPS) is 12.7. The van der Waals surface area contributed by atoms with Gasteiger partial charge < -0.3 is 14.7 Å². The SMILES string of the molecule is COCCN(CC(=O)O)C(=O)C(F)c1ccc(C(F)(F)F)cc1. The highest BCUT2D eigenvalue weighted by Gasteiger charge is 2.31. The largest absolute Gasteiger partial charge is 0.480 e. The highest BCUT2D eigenvalue weighted by Crippen LogP contribution is 2.30. The Hall–Kier alpha value is -2.16. The maximum atomic E-state index is 14.2. The van der Waals surface area contributed by atoms with Crippen molar-refractivity contribution >= 4 is 11.9 Å². The molecular formula is C14H15F4NO4. The molecule has 0 aliphatic rings. The van der Waals surface area contributed by atoms with Crippen LogP contribution in [0.15, 0.2) is 24.3 Å². The molecule has 1 atom stereocenters. The van der Waals surface area contributed by atoms with Crippen LogP contribution in [0.1, 0.15) is 17.3 Å². The first-order chi connectivity index (χ1) is 10.7. The fraction of sp³-hybridized carbons (Fsp3) is 0.429. The number of hydrogen-bond donors (Lipinski definition) is 1. The molecule has 0 saturated heterocycles. The van der Waals surface area contributed by atoms with Crippen LogP contribution in [0.4, 0.5) is 17.6 Å². The Kier molecular flexibility index (Phi) is 6.49. The predicted octanol–water partition coefficient (Wildman–Crippen LogP) is 2.28. The lowest BCUT2D eigenvalue weighted by atomic mass is 10.1. The van der Waals surface area contributed by atoms with Crippen molar-refractivity contribution in [3.63, 3.8) is 0 Å². The molecule has 0 fully saturated rings. The number of nitrogens with zero attached hydrogens (tertiary/aromatic N) is 1. The lowest BCUT2D eigenvalue weighted by Gasteiger charge is -2.22. The van der Waals surface area contributed by atoms with E-state index < -0.39 is 36.3 Å². The Morgan fingerprint density at radius 3 is 2.26 bits per heavy atom. The summed E-state index contributed by atoms with van der Waals surface area (Å²) in [5.74, 6) is -2.49. The number of amides is 1. The van der Waals surface area contributed by atoms with Crippen LogP contribution in [-0.2, 0) is 20.5 Å². The number of rotatable bonds is 7. The van der Waals surface area contributed by atoms with Crippen LogP contribution in [0, 0.1) is 0 Å². The Morgan fingerprint density at radius 2 is 1.83 bits per heavy atom. The zero-order valence-corrected chi connectivity index (χ0v) is 12.1. The number of carboxylic acid groups (broad SMARTS) is 1. The number of alkyl halides is 4. The monoisotopic (exact) mass is 337 g/mol. The minimum Gasteiger partial charge on any atom is -0.480 e. The van der Waals surface area contributed by atoms with E-state index in [-0.39, 0.29) is 18.7 Å². The van der Waals surface area contributed by atoms with Crippen LogP contribution in [0.25, 0.3) is 0 Å². The number of carbonyl (C=O) groups is 2. The van der Waals surface area contributed by atoms with Crippen molar-refractivity contribution in [3.05, 3.63) is 35.4 Å². The summed E-state index contributed by atoms with van der Waals surface area (Å²) in [6, 6.07) is 3.01. The van der Waals surface area contributed by atoms with E-state index in [4.69, 9.17) is 9.84 Å². The average molecular weight is 337 g/mol. The minimum atomic E-state index is -4.57. The van der Waals surface area contributed by atoms with Crippen LogP contribution in [0.3, 0.4) is 0 Å². The molecular weight excluding hydrogens is 322 g/mol. The maximum Gasteiger partial charge on any atom is 0.416 e. The van der Waals surface area contributed by atoms with Gasteiger partial charge in [0.05, 0.1) is 12.2 Å². The van der Waals surface area contributed by atoms with E-state index in [9.17, 15) is 27.2 Å². The van der Waals surface area contributed by atoms with Crippen LogP contribution in [0.2, 0.25) is 0 Å². The number of halogens is 4. The molecule has 1 unspecified atom stereocenters. The van der Waals surface area contributed by atoms with E-state index in [0.717, 1.165) is 17.0 Å². The second kappa shape index (κ2) is 7.91. The first-order valence-electron chi connectivity index (χ1n) is 6.47. The van der Waals surface area contributed by atoms with Crippen LogP contribution in [0.5, 0.6) is 0 Å². The lowest BCUT2D eigenvalue weighted by Crippen LogP contribution is -2.40. The van der Waals surface area contributed by atoms with Crippen LogP contribution in [-0.4, -0.2) is 48.7 Å². The van der Waals surface area contributed by atoms with E-state index in [1.165, 1.54) is 7.11 Å². The van der Waals surface area contributed by atoms with Crippen molar-refractivity contribution in [2.45, 2.75) is 12.3 Å². The highest BCUT2D eigenvalue weighted by atomic mass is 19.4. The molecule has 0 aromatic heterocycles. The molecule has 23 heavy (non-hydrogen) atoms. The van der Waals surface area contributed by atoms with Crippen molar-refractivity contribution in [3.8, 4) is 0 Å². The van der Waals surface area contributed by atoms with Crippen molar-refractivity contribution in [2.75, 3.05) is 26.8 Å². The number of ether oxygens (including phenoxy) is 1. The molecule has 1 aromatic carbocycles. The molecule has 9 heteroatoms. The summed E-state index contributed by atoms with van der Waals surface area (Å²) in [5, 5.41) is 8.73. The predicted molar refractivity (Wildman–Crippen MR) is 71.4 cm³/mol. The van der Waals surface area contributed by atoms with Gasteiger partial charge in [-0.25, -0.2) is 4.39 Å². The summed E-state index contributed by atoms with van der Waals surface area (Å²) >= 11 is 0. The van der Waals surface area contributed by atoms with Gasteiger partial charge in [-0.3, -0.25) is 9.59 Å². The summed E-state index contributed by atoms with van der Waals surface area (Å²) in [4.78, 5) is 23.4. The van der Waals surface area contributed by atoms with Gasteiger partial charge in [-0.05, 0) is 17.7 Å². The van der Waals surface area contributed by atoms with E-state index >= 15 is 0 Å². The summed E-state index contributed by atoms with van der Waals surface area (Å²) in [5.41, 5.74) is -1.25. The molecule has 1 N–H and O–H groups in total. The van der Waals surface area contributed by atoms with Gasteiger partial charge in [0.15, 0.2) is 0 Å². The summed E-state index contributed by atoms with van der Waals surface area (Å²) < 4.78 is 56.2. The van der Waals surface area contributed by atoms with E-state index in [1.54, 1.807) is 0 Å². The first kappa shape index (κ1) is 18.9. The average Bonchev–Trinajstić information content (AvgIpc) is 2.49. The van der Waals surface area contributed by atoms with Crippen molar-refractivity contribution in [2.24, 2.45) is 0 Å². The van der Waals surface area contributed by atoms with Gasteiger partial charge in [0.25, 0.3) is 5.91 Å². The molecule has 0 spiro atoms. The topological polar surface area (TPSA) is 66.8 Å².